The van der Waals surface area contributed by atoms with Crippen LogP contribution in [0.5, 0.6) is 0 Å². The Morgan fingerprint density at radius 2 is 2.05 bits per heavy atom. The fourth-order valence-electron chi connectivity index (χ4n) is 2.97. The second-order valence-corrected chi connectivity index (χ2v) is 6.26. The maximum absolute atomic E-state index is 14.0. The van der Waals surface area contributed by atoms with Crippen molar-refractivity contribution in [3.05, 3.63) is 69.4 Å². The van der Waals surface area contributed by atoms with Gasteiger partial charge in [-0.15, -0.1) is 0 Å². The molecule has 3 rings (SSSR count). The molecule has 2 aromatic carbocycles. The number of benzene rings is 2. The molecule has 0 amide bonds. The smallest absolute Gasteiger partial charge is 0.129 e. The highest BCUT2D eigenvalue weighted by molar-refractivity contribution is 9.10. The van der Waals surface area contributed by atoms with E-state index in [1.807, 2.05) is 19.1 Å². The van der Waals surface area contributed by atoms with Crippen molar-refractivity contribution in [3.8, 4) is 0 Å². The van der Waals surface area contributed by atoms with E-state index in [0.717, 1.165) is 22.9 Å². The van der Waals surface area contributed by atoms with E-state index in [-0.39, 0.29) is 11.9 Å². The van der Waals surface area contributed by atoms with Gasteiger partial charge in [-0.25, -0.2) is 4.39 Å². The molecule has 0 bridgehead atoms. The van der Waals surface area contributed by atoms with E-state index in [0.29, 0.717) is 6.04 Å². The molecule has 0 heterocycles. The minimum atomic E-state index is -0.161. The van der Waals surface area contributed by atoms with Crippen molar-refractivity contribution in [2.45, 2.75) is 31.8 Å². The predicted molar refractivity (Wildman–Crippen MR) is 83.2 cm³/mol. The van der Waals surface area contributed by atoms with Crippen molar-refractivity contribution in [2.24, 2.45) is 0 Å². The molecule has 1 N–H and O–H groups in total. The summed E-state index contributed by atoms with van der Waals surface area (Å²) in [4.78, 5) is 0. The minimum Gasteiger partial charge on any atom is -0.303 e. The number of nitrogens with one attached hydrogen (secondary N) is 1. The number of halogens is 2. The largest absolute Gasteiger partial charge is 0.303 e. The van der Waals surface area contributed by atoms with Crippen LogP contribution in [0.4, 0.5) is 4.39 Å². The standard InChI is InChI=1S/C17H17BrFN/c1-11(14-8-7-13(18)10-16(14)19)20-17-9-6-12-4-2-3-5-15(12)17/h2-5,7-8,10-11,17,20H,6,9H2,1H3. The van der Waals surface area contributed by atoms with Crippen LogP contribution in [0.3, 0.4) is 0 Å². The molecule has 0 aliphatic heterocycles. The van der Waals surface area contributed by atoms with E-state index in [4.69, 9.17) is 0 Å². The van der Waals surface area contributed by atoms with E-state index < -0.39 is 0 Å². The minimum absolute atomic E-state index is 0.000689. The molecular weight excluding hydrogens is 317 g/mol. The van der Waals surface area contributed by atoms with Crippen LogP contribution in [0.15, 0.2) is 46.9 Å². The average molecular weight is 334 g/mol. The summed E-state index contributed by atoms with van der Waals surface area (Å²) in [6.07, 6.45) is 2.19. The molecule has 3 heteroatoms. The Hall–Kier alpha value is -1.19. The summed E-state index contributed by atoms with van der Waals surface area (Å²) in [5.74, 6) is -0.161. The van der Waals surface area contributed by atoms with Gasteiger partial charge < -0.3 is 5.32 Å². The summed E-state index contributed by atoms with van der Waals surface area (Å²) in [6, 6.07) is 14.1. The summed E-state index contributed by atoms with van der Waals surface area (Å²) in [5, 5.41) is 3.56. The molecule has 0 fully saturated rings. The number of hydrogen-bond acceptors (Lipinski definition) is 1. The zero-order valence-corrected chi connectivity index (χ0v) is 13.0. The van der Waals surface area contributed by atoms with Gasteiger partial charge in [0, 0.05) is 22.1 Å². The van der Waals surface area contributed by atoms with Gasteiger partial charge in [-0.1, -0.05) is 46.3 Å². The molecule has 2 atom stereocenters. The zero-order chi connectivity index (χ0) is 14.1. The van der Waals surface area contributed by atoms with Gasteiger partial charge in [-0.2, -0.15) is 0 Å². The third-order valence-electron chi connectivity index (χ3n) is 4.01. The van der Waals surface area contributed by atoms with E-state index in [9.17, 15) is 4.39 Å². The number of hydrogen-bond donors (Lipinski definition) is 1. The molecule has 20 heavy (non-hydrogen) atoms. The second kappa shape index (κ2) is 5.66. The third kappa shape index (κ3) is 2.65. The maximum Gasteiger partial charge on any atom is 0.129 e. The summed E-state index contributed by atoms with van der Waals surface area (Å²) in [6.45, 7) is 2.02. The lowest BCUT2D eigenvalue weighted by Crippen LogP contribution is -2.23. The van der Waals surface area contributed by atoms with E-state index in [1.165, 1.54) is 17.2 Å². The SMILES string of the molecule is CC(NC1CCc2ccccc21)c1ccc(Br)cc1F. The Balaban J connectivity index is 1.79. The van der Waals surface area contributed by atoms with Gasteiger partial charge in [-0.3, -0.25) is 0 Å². The molecule has 1 nitrogen and oxygen atoms in total. The molecule has 1 aliphatic carbocycles. The molecule has 104 valence electrons. The van der Waals surface area contributed by atoms with E-state index in [1.54, 1.807) is 0 Å². The first-order chi connectivity index (χ1) is 9.65. The van der Waals surface area contributed by atoms with Gasteiger partial charge in [-0.05, 0) is 43.0 Å². The topological polar surface area (TPSA) is 12.0 Å². The monoisotopic (exact) mass is 333 g/mol. The van der Waals surface area contributed by atoms with Crippen LogP contribution in [0.25, 0.3) is 0 Å². The molecular formula is C17H17BrFN. The molecule has 0 aromatic heterocycles. The molecule has 2 unspecified atom stereocenters. The Bertz CT molecular complexity index is 626. The van der Waals surface area contributed by atoms with Crippen LogP contribution in [0.2, 0.25) is 0 Å². The quantitative estimate of drug-likeness (QED) is 0.839. The molecule has 1 aliphatic rings. The van der Waals surface area contributed by atoms with Gasteiger partial charge in [0.2, 0.25) is 0 Å². The van der Waals surface area contributed by atoms with Crippen LogP contribution >= 0.6 is 15.9 Å². The van der Waals surface area contributed by atoms with Crippen LogP contribution in [0.1, 0.15) is 42.1 Å². The number of fused-ring (bicyclic) bond motifs is 1. The Kier molecular flexibility index (Phi) is 3.90. The summed E-state index contributed by atoms with van der Waals surface area (Å²) in [5.41, 5.74) is 3.49. The summed E-state index contributed by atoms with van der Waals surface area (Å²) < 4.78 is 14.8. The normalized spacial score (nSPS) is 18.9. The number of aryl methyl sites for hydroxylation is 1. The van der Waals surface area contributed by atoms with Crippen molar-refractivity contribution in [1.29, 1.82) is 0 Å². The van der Waals surface area contributed by atoms with Crippen LogP contribution < -0.4 is 5.32 Å². The first-order valence-electron chi connectivity index (χ1n) is 6.94. The Morgan fingerprint density at radius 3 is 2.85 bits per heavy atom. The molecule has 0 saturated carbocycles. The zero-order valence-electron chi connectivity index (χ0n) is 11.4. The van der Waals surface area contributed by atoms with Crippen molar-refractivity contribution in [1.82, 2.24) is 5.32 Å². The fraction of sp³-hybridized carbons (Fsp3) is 0.294. The van der Waals surface area contributed by atoms with E-state index in [2.05, 4.69) is 45.5 Å². The van der Waals surface area contributed by atoms with Gasteiger partial charge >= 0.3 is 0 Å². The highest BCUT2D eigenvalue weighted by Gasteiger charge is 2.24. The maximum atomic E-state index is 14.0. The van der Waals surface area contributed by atoms with Crippen molar-refractivity contribution >= 4 is 15.9 Å². The fourth-order valence-corrected chi connectivity index (χ4v) is 3.31. The lowest BCUT2D eigenvalue weighted by Gasteiger charge is -2.21. The Morgan fingerprint density at radius 1 is 1.25 bits per heavy atom. The van der Waals surface area contributed by atoms with Crippen LogP contribution in [-0.4, -0.2) is 0 Å². The van der Waals surface area contributed by atoms with Gasteiger partial charge in [0.25, 0.3) is 0 Å². The average Bonchev–Trinajstić information content (AvgIpc) is 2.82. The van der Waals surface area contributed by atoms with Crippen LogP contribution in [0, 0.1) is 5.82 Å². The molecule has 2 aromatic rings. The van der Waals surface area contributed by atoms with E-state index >= 15 is 0 Å². The second-order valence-electron chi connectivity index (χ2n) is 5.34. The highest BCUT2D eigenvalue weighted by atomic mass is 79.9. The van der Waals surface area contributed by atoms with Crippen LogP contribution in [-0.2, 0) is 6.42 Å². The van der Waals surface area contributed by atoms with Crippen molar-refractivity contribution in [3.63, 3.8) is 0 Å². The molecule has 0 spiro atoms. The van der Waals surface area contributed by atoms with Crippen molar-refractivity contribution < 1.29 is 4.39 Å². The molecule has 0 saturated heterocycles. The first-order valence-corrected chi connectivity index (χ1v) is 7.73. The first kappa shape index (κ1) is 13.8. The Labute approximate surface area is 127 Å². The van der Waals surface area contributed by atoms with Crippen molar-refractivity contribution in [2.75, 3.05) is 0 Å². The predicted octanol–water partition coefficient (Wildman–Crippen LogP) is 4.93. The molecule has 0 radical (unpaired) electrons. The van der Waals surface area contributed by atoms with Gasteiger partial charge in [0.15, 0.2) is 0 Å². The lowest BCUT2D eigenvalue weighted by molar-refractivity contribution is 0.450. The highest BCUT2D eigenvalue weighted by Crippen LogP contribution is 2.33. The third-order valence-corrected chi connectivity index (χ3v) is 4.51. The summed E-state index contributed by atoms with van der Waals surface area (Å²) >= 11 is 3.29. The van der Waals surface area contributed by atoms with Gasteiger partial charge in [0.1, 0.15) is 5.82 Å². The lowest BCUT2D eigenvalue weighted by atomic mass is 10.0. The number of rotatable bonds is 3. The summed E-state index contributed by atoms with van der Waals surface area (Å²) in [7, 11) is 0. The van der Waals surface area contributed by atoms with Gasteiger partial charge in [0.05, 0.1) is 0 Å².